The highest BCUT2D eigenvalue weighted by molar-refractivity contribution is 6.30. The number of nitrogens with zero attached hydrogens (tertiary/aromatic N) is 6. The van der Waals surface area contributed by atoms with E-state index >= 15 is 0 Å². The van der Waals surface area contributed by atoms with Crippen molar-refractivity contribution in [1.29, 1.82) is 0 Å². The minimum Gasteiger partial charge on any atom is -0.497 e. The summed E-state index contributed by atoms with van der Waals surface area (Å²) in [4.78, 5) is 21.4. The number of H-pyrrole nitrogens is 1. The molecule has 0 spiro atoms. The number of benzene rings is 2. The number of aryl methyl sites for hydroxylation is 1. The number of aromatic nitrogens is 5. The van der Waals surface area contributed by atoms with Crippen molar-refractivity contribution in [2.45, 2.75) is 51.1 Å². The molecule has 2 fully saturated rings. The normalized spacial score (nSPS) is 18.0. The summed E-state index contributed by atoms with van der Waals surface area (Å²) in [6.45, 7) is 5.24. The van der Waals surface area contributed by atoms with Crippen LogP contribution >= 0.6 is 11.6 Å². The number of hydrogen-bond acceptors (Lipinski definition) is 7. The Labute approximate surface area is 232 Å². The van der Waals surface area contributed by atoms with Crippen LogP contribution in [0.5, 0.6) is 5.75 Å². The summed E-state index contributed by atoms with van der Waals surface area (Å²) in [6.07, 6.45) is 5.69. The van der Waals surface area contributed by atoms with Gasteiger partial charge in [-0.15, -0.1) is 5.10 Å². The standard InChI is InChI=1S/C29H34ClN7O2/c1-19-8-9-21(30)18-26(19)35-12-14-36(15-13-35)27(28-32-33-34-37(28)22-6-4-3-5-7-22)24-17-20-16-23(39-2)10-11-25(20)31-29(24)38/h8-11,16-18,22,27H,3-7,12-15H2,1-2H3,(H,31,38). The third kappa shape index (κ3) is 5.13. The van der Waals surface area contributed by atoms with Gasteiger partial charge in [0.05, 0.1) is 13.2 Å². The Hall–Kier alpha value is -3.43. The van der Waals surface area contributed by atoms with E-state index in [0.717, 1.165) is 72.2 Å². The second kappa shape index (κ2) is 11.0. The first-order chi connectivity index (χ1) is 19.0. The molecule has 1 unspecified atom stereocenters. The van der Waals surface area contributed by atoms with Gasteiger partial charge in [-0.1, -0.05) is 36.9 Å². The highest BCUT2D eigenvalue weighted by atomic mass is 35.5. The predicted octanol–water partition coefficient (Wildman–Crippen LogP) is 4.90. The average Bonchev–Trinajstić information content (AvgIpc) is 3.45. The van der Waals surface area contributed by atoms with Crippen LogP contribution in [-0.4, -0.2) is 63.4 Å². The zero-order valence-corrected chi connectivity index (χ0v) is 23.2. The molecule has 0 bridgehead atoms. The van der Waals surface area contributed by atoms with Crippen LogP contribution in [0.25, 0.3) is 10.9 Å². The monoisotopic (exact) mass is 547 g/mol. The lowest BCUT2D eigenvalue weighted by Crippen LogP contribution is -2.49. The number of anilines is 1. The topological polar surface area (TPSA) is 92.2 Å². The van der Waals surface area contributed by atoms with Crippen molar-refractivity contribution in [3.05, 3.63) is 74.8 Å². The molecule has 1 saturated heterocycles. The van der Waals surface area contributed by atoms with Gasteiger partial charge in [0.1, 0.15) is 11.8 Å². The summed E-state index contributed by atoms with van der Waals surface area (Å²) in [6, 6.07) is 13.6. The van der Waals surface area contributed by atoms with E-state index in [2.05, 4.69) is 43.3 Å². The number of nitrogens with one attached hydrogen (secondary N) is 1. The fourth-order valence-corrected chi connectivity index (χ4v) is 6.31. The second-order valence-electron chi connectivity index (χ2n) is 10.6. The number of aromatic amines is 1. The molecule has 4 aromatic rings. The van der Waals surface area contributed by atoms with Gasteiger partial charge in [0.15, 0.2) is 5.82 Å². The summed E-state index contributed by atoms with van der Waals surface area (Å²) in [7, 11) is 1.65. The maximum atomic E-state index is 13.6. The number of halogens is 1. The molecule has 6 rings (SSSR count). The van der Waals surface area contributed by atoms with Gasteiger partial charge >= 0.3 is 0 Å². The molecule has 10 heteroatoms. The Morgan fingerprint density at radius 2 is 1.82 bits per heavy atom. The maximum Gasteiger partial charge on any atom is 0.253 e. The highest BCUT2D eigenvalue weighted by Crippen LogP contribution is 2.34. The van der Waals surface area contributed by atoms with Crippen molar-refractivity contribution in [2.75, 3.05) is 38.2 Å². The Balaban J connectivity index is 1.39. The summed E-state index contributed by atoms with van der Waals surface area (Å²) < 4.78 is 7.45. The number of fused-ring (bicyclic) bond motifs is 1. The minimum absolute atomic E-state index is 0.121. The molecule has 1 atom stereocenters. The fraction of sp³-hybridized carbons (Fsp3) is 0.448. The molecular weight excluding hydrogens is 514 g/mol. The van der Waals surface area contributed by atoms with Crippen LogP contribution in [-0.2, 0) is 0 Å². The first kappa shape index (κ1) is 25.8. The Morgan fingerprint density at radius 1 is 1.03 bits per heavy atom. The van der Waals surface area contributed by atoms with Gasteiger partial charge in [0.2, 0.25) is 0 Å². The van der Waals surface area contributed by atoms with E-state index in [1.807, 2.05) is 41.1 Å². The number of piperazine rings is 1. The predicted molar refractivity (Wildman–Crippen MR) is 153 cm³/mol. The van der Waals surface area contributed by atoms with E-state index in [4.69, 9.17) is 16.3 Å². The van der Waals surface area contributed by atoms with Crippen LogP contribution in [0, 0.1) is 6.92 Å². The van der Waals surface area contributed by atoms with Crippen molar-refractivity contribution in [3.63, 3.8) is 0 Å². The van der Waals surface area contributed by atoms with E-state index in [9.17, 15) is 4.79 Å². The zero-order valence-electron chi connectivity index (χ0n) is 22.4. The smallest absolute Gasteiger partial charge is 0.253 e. The third-order valence-corrected chi connectivity index (χ3v) is 8.48. The van der Waals surface area contributed by atoms with Gasteiger partial charge in [-0.2, -0.15) is 0 Å². The van der Waals surface area contributed by atoms with E-state index in [-0.39, 0.29) is 17.6 Å². The van der Waals surface area contributed by atoms with Gasteiger partial charge < -0.3 is 14.6 Å². The number of rotatable bonds is 6. The lowest BCUT2D eigenvalue weighted by molar-refractivity contribution is 0.192. The fourth-order valence-electron chi connectivity index (χ4n) is 6.14. The quantitative estimate of drug-likeness (QED) is 0.367. The molecule has 2 aromatic carbocycles. The first-order valence-corrected chi connectivity index (χ1v) is 14.1. The number of tetrazole rings is 1. The van der Waals surface area contributed by atoms with Crippen LogP contribution in [0.3, 0.4) is 0 Å². The summed E-state index contributed by atoms with van der Waals surface area (Å²) in [5.74, 6) is 1.48. The van der Waals surface area contributed by atoms with E-state index in [1.165, 1.54) is 24.8 Å². The molecule has 39 heavy (non-hydrogen) atoms. The molecule has 1 saturated carbocycles. The van der Waals surface area contributed by atoms with Crippen LogP contribution < -0.4 is 15.2 Å². The average molecular weight is 548 g/mol. The maximum absolute atomic E-state index is 13.6. The lowest BCUT2D eigenvalue weighted by atomic mass is 9.95. The summed E-state index contributed by atoms with van der Waals surface area (Å²) in [5.41, 5.74) is 3.65. The lowest BCUT2D eigenvalue weighted by Gasteiger charge is -2.40. The van der Waals surface area contributed by atoms with Gasteiger partial charge in [-0.05, 0) is 72.2 Å². The van der Waals surface area contributed by atoms with Crippen molar-refractivity contribution < 1.29 is 4.74 Å². The molecule has 1 N–H and O–H groups in total. The first-order valence-electron chi connectivity index (χ1n) is 13.8. The molecular formula is C29H34ClN7O2. The summed E-state index contributed by atoms with van der Waals surface area (Å²) in [5, 5.41) is 14.8. The third-order valence-electron chi connectivity index (χ3n) is 8.25. The molecule has 2 aliphatic rings. The Kier molecular flexibility index (Phi) is 7.27. The van der Waals surface area contributed by atoms with Gasteiger partial charge in [0.25, 0.3) is 5.56 Å². The molecule has 9 nitrogen and oxygen atoms in total. The molecule has 3 heterocycles. The SMILES string of the molecule is COc1ccc2[nH]c(=O)c(C(c3nnnn3C3CCCCC3)N3CCN(c4cc(Cl)ccc4C)CC3)cc2c1. The molecule has 0 radical (unpaired) electrons. The molecule has 0 amide bonds. The second-order valence-corrected chi connectivity index (χ2v) is 11.1. The van der Waals surface area contributed by atoms with E-state index in [0.29, 0.717) is 5.56 Å². The van der Waals surface area contributed by atoms with Crippen molar-refractivity contribution in [1.82, 2.24) is 30.1 Å². The van der Waals surface area contributed by atoms with Gasteiger partial charge in [-0.3, -0.25) is 9.69 Å². The summed E-state index contributed by atoms with van der Waals surface area (Å²) >= 11 is 6.33. The molecule has 204 valence electrons. The van der Waals surface area contributed by atoms with Crippen molar-refractivity contribution in [2.24, 2.45) is 0 Å². The van der Waals surface area contributed by atoms with Crippen LogP contribution in [0.1, 0.15) is 61.1 Å². The Bertz CT molecular complexity index is 1520. The number of hydrogen-bond donors (Lipinski definition) is 1. The minimum atomic E-state index is -0.371. The number of ether oxygens (including phenoxy) is 1. The van der Waals surface area contributed by atoms with Gasteiger partial charge in [-0.25, -0.2) is 4.68 Å². The van der Waals surface area contributed by atoms with E-state index < -0.39 is 0 Å². The van der Waals surface area contributed by atoms with Crippen molar-refractivity contribution in [3.8, 4) is 5.75 Å². The van der Waals surface area contributed by atoms with Crippen molar-refractivity contribution >= 4 is 28.2 Å². The largest absolute Gasteiger partial charge is 0.497 e. The van der Waals surface area contributed by atoms with Gasteiger partial charge in [0, 0.05) is 53.4 Å². The number of methoxy groups -OCH3 is 1. The van der Waals surface area contributed by atoms with Crippen LogP contribution in [0.4, 0.5) is 5.69 Å². The van der Waals surface area contributed by atoms with Crippen LogP contribution in [0.2, 0.25) is 5.02 Å². The zero-order chi connectivity index (χ0) is 26.9. The molecule has 1 aliphatic carbocycles. The number of pyridine rings is 1. The molecule has 1 aliphatic heterocycles. The van der Waals surface area contributed by atoms with Crippen LogP contribution in [0.15, 0.2) is 47.3 Å². The molecule has 2 aromatic heterocycles. The Morgan fingerprint density at radius 3 is 2.59 bits per heavy atom. The highest BCUT2D eigenvalue weighted by Gasteiger charge is 2.34. The van der Waals surface area contributed by atoms with E-state index in [1.54, 1.807) is 7.11 Å².